The Morgan fingerprint density at radius 3 is 2.03 bits per heavy atom. The van der Waals surface area contributed by atoms with E-state index in [0.29, 0.717) is 17.8 Å². The number of benzene rings is 2. The summed E-state index contributed by atoms with van der Waals surface area (Å²) in [7, 11) is 0. The van der Waals surface area contributed by atoms with Crippen molar-refractivity contribution in [2.24, 2.45) is 0 Å². The summed E-state index contributed by atoms with van der Waals surface area (Å²) >= 11 is 0. The van der Waals surface area contributed by atoms with E-state index in [-0.39, 0.29) is 5.56 Å². The normalized spacial score (nSPS) is 17.0. The zero-order valence-electron chi connectivity index (χ0n) is 19.5. The first-order valence-electron chi connectivity index (χ1n) is 11.4. The molecule has 1 N–H and O–H groups in total. The molecule has 35 heavy (non-hydrogen) atoms. The largest absolute Gasteiger partial charge is 0.421 e. The minimum absolute atomic E-state index is 0.223. The van der Waals surface area contributed by atoms with Crippen molar-refractivity contribution in [1.29, 1.82) is 0 Å². The second-order valence-electron chi connectivity index (χ2n) is 9.01. The Kier molecular flexibility index (Phi) is 7.22. The fourth-order valence-electron chi connectivity index (χ4n) is 4.22. The number of rotatable bonds is 6. The number of halogens is 3. The quantitative estimate of drug-likeness (QED) is 0.481. The van der Waals surface area contributed by atoms with Gasteiger partial charge in [0.25, 0.3) is 0 Å². The van der Waals surface area contributed by atoms with Crippen molar-refractivity contribution in [3.05, 3.63) is 95.1 Å². The van der Waals surface area contributed by atoms with Gasteiger partial charge in [0.2, 0.25) is 0 Å². The summed E-state index contributed by atoms with van der Waals surface area (Å²) < 4.78 is 39.3. The maximum absolute atomic E-state index is 13.1. The molecule has 0 aliphatic carbocycles. The Bertz CT molecular complexity index is 1180. The van der Waals surface area contributed by atoms with Crippen LogP contribution < -0.4 is 0 Å². The van der Waals surface area contributed by atoms with Gasteiger partial charge in [-0.15, -0.1) is 0 Å². The zero-order valence-corrected chi connectivity index (χ0v) is 19.5. The van der Waals surface area contributed by atoms with E-state index >= 15 is 0 Å². The van der Waals surface area contributed by atoms with E-state index in [9.17, 15) is 18.3 Å². The predicted octanol–water partition coefficient (Wildman–Crippen LogP) is 5.39. The number of hydrogen-bond acceptors (Lipinski definition) is 4. The van der Waals surface area contributed by atoms with Crippen LogP contribution in [0.4, 0.5) is 18.9 Å². The Balaban J connectivity index is 1.41. The monoisotopic (exact) mass is 480 g/mol. The van der Waals surface area contributed by atoms with Crippen molar-refractivity contribution in [3.8, 4) is 11.1 Å². The summed E-state index contributed by atoms with van der Waals surface area (Å²) in [5, 5.41) is 9.87. The molecule has 1 aliphatic heterocycles. The highest BCUT2D eigenvalue weighted by molar-refractivity contribution is 5.70. The third-order valence-corrected chi connectivity index (χ3v) is 6.55. The number of hydrogen-bond donors (Lipinski definition) is 1. The molecule has 5 nitrogen and oxygen atoms in total. The summed E-state index contributed by atoms with van der Waals surface area (Å²) in [6.45, 7) is 13.7. The second-order valence-corrected chi connectivity index (χ2v) is 9.01. The van der Waals surface area contributed by atoms with Crippen LogP contribution >= 0.6 is 0 Å². The molecule has 8 heteroatoms. The number of pyridine rings is 1. The molecule has 0 saturated carbocycles. The summed E-state index contributed by atoms with van der Waals surface area (Å²) in [5.74, 6) is 0. The molecule has 3 aromatic rings. The number of piperazine rings is 1. The van der Waals surface area contributed by atoms with Gasteiger partial charge >= 0.3 is 6.18 Å². The van der Waals surface area contributed by atoms with Gasteiger partial charge in [0.1, 0.15) is 0 Å². The molecule has 1 unspecified atom stereocenters. The van der Waals surface area contributed by atoms with Crippen LogP contribution in [-0.2, 0) is 18.7 Å². The average Bonchev–Trinajstić information content (AvgIpc) is 2.85. The molecule has 4 rings (SSSR count). The molecule has 1 saturated heterocycles. The number of aliphatic hydroxyl groups is 1. The van der Waals surface area contributed by atoms with E-state index in [1.54, 1.807) is 18.2 Å². The number of alkyl halides is 3. The van der Waals surface area contributed by atoms with Crippen molar-refractivity contribution in [3.63, 3.8) is 0 Å². The van der Waals surface area contributed by atoms with Gasteiger partial charge in [-0.1, -0.05) is 36.4 Å². The molecule has 2 aromatic carbocycles. The molecule has 2 heterocycles. The second kappa shape index (κ2) is 10.2. The summed E-state index contributed by atoms with van der Waals surface area (Å²) in [6.07, 6.45) is -1.15. The SMILES string of the molecule is [C-]#[N+]c1cc(-c2ccc(C(C)(O)C(F)(F)F)cc2)ccc1CN1CCN(Cc2ccncc2)CC1. The van der Waals surface area contributed by atoms with E-state index in [4.69, 9.17) is 6.57 Å². The van der Waals surface area contributed by atoms with E-state index in [1.807, 2.05) is 36.7 Å². The maximum atomic E-state index is 13.1. The third-order valence-electron chi connectivity index (χ3n) is 6.55. The lowest BCUT2D eigenvalue weighted by molar-refractivity contribution is -0.258. The van der Waals surface area contributed by atoms with Crippen LogP contribution in [0.25, 0.3) is 16.0 Å². The van der Waals surface area contributed by atoms with Gasteiger partial charge in [0.05, 0.1) is 6.57 Å². The predicted molar refractivity (Wildman–Crippen MR) is 129 cm³/mol. The van der Waals surface area contributed by atoms with Crippen LogP contribution in [0.15, 0.2) is 67.0 Å². The Labute approximate surface area is 203 Å². The standard InChI is InChI=1S/C27H27F3N4O/c1-26(35,27(28,29)30)24-7-5-21(6-8-24)22-3-4-23(25(17-22)31-2)19-34-15-13-33(14-16-34)18-20-9-11-32-12-10-20/h3-12,17,35H,13-16,18-19H2,1H3. The van der Waals surface area contributed by atoms with Gasteiger partial charge in [-0.25, -0.2) is 4.85 Å². The van der Waals surface area contributed by atoms with Gasteiger partial charge < -0.3 is 5.11 Å². The first kappa shape index (κ1) is 24.9. The Morgan fingerprint density at radius 1 is 0.886 bits per heavy atom. The van der Waals surface area contributed by atoms with Gasteiger partial charge in [0, 0.05) is 51.7 Å². The third kappa shape index (κ3) is 5.70. The molecular weight excluding hydrogens is 453 g/mol. The Morgan fingerprint density at radius 2 is 1.46 bits per heavy atom. The lowest BCUT2D eigenvalue weighted by Gasteiger charge is -2.35. The van der Waals surface area contributed by atoms with Crippen LogP contribution in [0.1, 0.15) is 23.6 Å². The average molecular weight is 481 g/mol. The van der Waals surface area contributed by atoms with Crippen molar-refractivity contribution < 1.29 is 18.3 Å². The molecular formula is C27H27F3N4O. The van der Waals surface area contributed by atoms with Crippen LogP contribution in [0.5, 0.6) is 0 Å². The van der Waals surface area contributed by atoms with Gasteiger partial charge in [0.15, 0.2) is 11.3 Å². The highest BCUT2D eigenvalue weighted by Gasteiger charge is 2.51. The Hall–Kier alpha value is -3.25. The van der Waals surface area contributed by atoms with Crippen molar-refractivity contribution in [2.75, 3.05) is 26.2 Å². The molecule has 0 spiro atoms. The van der Waals surface area contributed by atoms with Crippen LogP contribution in [0.3, 0.4) is 0 Å². The first-order valence-corrected chi connectivity index (χ1v) is 11.4. The molecule has 1 atom stereocenters. The van der Waals surface area contributed by atoms with E-state index in [0.717, 1.165) is 50.8 Å². The molecule has 1 aromatic heterocycles. The molecule has 0 radical (unpaired) electrons. The molecule has 1 fully saturated rings. The van der Waals surface area contributed by atoms with Crippen LogP contribution in [0.2, 0.25) is 0 Å². The highest BCUT2D eigenvalue weighted by atomic mass is 19.4. The van der Waals surface area contributed by atoms with Gasteiger partial charge in [-0.05, 0) is 52.9 Å². The molecule has 182 valence electrons. The smallest absolute Gasteiger partial charge is 0.376 e. The van der Waals surface area contributed by atoms with E-state index in [1.165, 1.54) is 17.7 Å². The van der Waals surface area contributed by atoms with Crippen LogP contribution in [-0.4, -0.2) is 52.2 Å². The molecule has 1 aliphatic rings. The minimum Gasteiger partial charge on any atom is -0.376 e. The van der Waals surface area contributed by atoms with Crippen LogP contribution in [0, 0.1) is 6.57 Å². The highest BCUT2D eigenvalue weighted by Crippen LogP contribution is 2.39. The summed E-state index contributed by atoms with van der Waals surface area (Å²) in [4.78, 5) is 12.5. The summed E-state index contributed by atoms with van der Waals surface area (Å²) in [5.41, 5.74) is 1.01. The lowest BCUT2D eigenvalue weighted by Crippen LogP contribution is -2.45. The van der Waals surface area contributed by atoms with Crippen molar-refractivity contribution in [2.45, 2.75) is 31.8 Å². The van der Waals surface area contributed by atoms with E-state index in [2.05, 4.69) is 19.6 Å². The number of nitrogens with zero attached hydrogens (tertiary/aromatic N) is 4. The van der Waals surface area contributed by atoms with Gasteiger partial charge in [-0.3, -0.25) is 14.8 Å². The number of aromatic nitrogens is 1. The van der Waals surface area contributed by atoms with Gasteiger partial charge in [-0.2, -0.15) is 13.2 Å². The zero-order chi connectivity index (χ0) is 25.1. The van der Waals surface area contributed by atoms with E-state index < -0.39 is 11.8 Å². The first-order chi connectivity index (χ1) is 16.7. The summed E-state index contributed by atoms with van der Waals surface area (Å²) in [6, 6.07) is 15.3. The van der Waals surface area contributed by atoms with Crippen molar-refractivity contribution in [1.82, 2.24) is 14.8 Å². The lowest BCUT2D eigenvalue weighted by atomic mass is 9.93. The fraction of sp³-hybridized carbons (Fsp3) is 0.333. The van der Waals surface area contributed by atoms with Crippen molar-refractivity contribution >= 4 is 5.69 Å². The molecule has 0 amide bonds. The maximum Gasteiger partial charge on any atom is 0.421 e. The topological polar surface area (TPSA) is 44.0 Å². The fourth-order valence-corrected chi connectivity index (χ4v) is 4.22. The minimum atomic E-state index is -4.77. The molecule has 0 bridgehead atoms.